The Hall–Kier alpha value is -2.00. The van der Waals surface area contributed by atoms with Crippen LogP contribution in [0.25, 0.3) is 0 Å². The molecule has 2 aromatic rings. The number of benzene rings is 2. The van der Waals surface area contributed by atoms with Crippen LogP contribution in [0.2, 0.25) is 0 Å². The largest absolute Gasteiger partial charge is 0.496 e. The number of aryl methyl sites for hydroxylation is 1. The van der Waals surface area contributed by atoms with E-state index in [0.717, 1.165) is 55.9 Å². The van der Waals surface area contributed by atoms with Gasteiger partial charge in [0.25, 0.3) is 0 Å². The molecule has 0 aliphatic carbocycles. The van der Waals surface area contributed by atoms with Crippen LogP contribution < -0.4 is 9.47 Å². The Morgan fingerprint density at radius 1 is 0.833 bits per heavy atom. The first-order chi connectivity index (χ1) is 11.7. The highest BCUT2D eigenvalue weighted by molar-refractivity contribution is 5.45. The molecule has 0 heterocycles. The number of nitrogens with zero attached hydrogens (tertiary/aromatic N) is 1. The zero-order chi connectivity index (χ0) is 17.2. The molecule has 0 radical (unpaired) electrons. The zero-order valence-electron chi connectivity index (χ0n) is 15.1. The van der Waals surface area contributed by atoms with Crippen molar-refractivity contribution in [1.82, 2.24) is 4.90 Å². The standard InChI is InChI=1S/C21H29NO2/c1-22(2)16-7-8-17-24-21-13-9-12-20(23-3)19(21)15-14-18-10-5-4-6-11-18/h4-6,9-13H,7-8,14-17H2,1-3H3. The van der Waals surface area contributed by atoms with E-state index in [1.165, 1.54) is 5.56 Å². The first-order valence-electron chi connectivity index (χ1n) is 8.68. The molecule has 0 amide bonds. The normalized spacial score (nSPS) is 10.8. The molecule has 0 N–H and O–H groups in total. The maximum atomic E-state index is 6.05. The fraction of sp³-hybridized carbons (Fsp3) is 0.429. The molecule has 0 bridgehead atoms. The third kappa shape index (κ3) is 5.89. The fourth-order valence-corrected chi connectivity index (χ4v) is 2.74. The van der Waals surface area contributed by atoms with E-state index in [9.17, 15) is 0 Å². The van der Waals surface area contributed by atoms with Crippen molar-refractivity contribution in [1.29, 1.82) is 0 Å². The van der Waals surface area contributed by atoms with Gasteiger partial charge in [0.1, 0.15) is 11.5 Å². The molecule has 0 atom stereocenters. The molecule has 0 aliphatic heterocycles. The van der Waals surface area contributed by atoms with Gasteiger partial charge < -0.3 is 14.4 Å². The van der Waals surface area contributed by atoms with Crippen molar-refractivity contribution in [2.75, 3.05) is 34.4 Å². The molecule has 0 aliphatic rings. The van der Waals surface area contributed by atoms with Crippen LogP contribution >= 0.6 is 0 Å². The minimum Gasteiger partial charge on any atom is -0.496 e. The average Bonchev–Trinajstić information content (AvgIpc) is 2.60. The van der Waals surface area contributed by atoms with Crippen molar-refractivity contribution >= 4 is 0 Å². The molecule has 0 fully saturated rings. The summed E-state index contributed by atoms with van der Waals surface area (Å²) in [6.45, 7) is 1.85. The van der Waals surface area contributed by atoms with Crippen LogP contribution in [-0.4, -0.2) is 39.3 Å². The summed E-state index contributed by atoms with van der Waals surface area (Å²) in [6, 6.07) is 16.6. The van der Waals surface area contributed by atoms with Gasteiger partial charge in [0.05, 0.1) is 13.7 Å². The monoisotopic (exact) mass is 327 g/mol. The molecule has 0 saturated heterocycles. The van der Waals surface area contributed by atoms with Crippen LogP contribution in [0.5, 0.6) is 11.5 Å². The Balaban J connectivity index is 1.96. The summed E-state index contributed by atoms with van der Waals surface area (Å²) in [5.74, 6) is 1.87. The molecule has 0 spiro atoms. The SMILES string of the molecule is COc1cccc(OCCCCN(C)C)c1CCc1ccccc1. The summed E-state index contributed by atoms with van der Waals surface area (Å²) in [5.41, 5.74) is 2.50. The summed E-state index contributed by atoms with van der Waals surface area (Å²) < 4.78 is 11.6. The Bertz CT molecular complexity index is 596. The smallest absolute Gasteiger partial charge is 0.126 e. The van der Waals surface area contributed by atoms with Crippen LogP contribution in [-0.2, 0) is 12.8 Å². The van der Waals surface area contributed by atoms with E-state index in [1.54, 1.807) is 7.11 Å². The van der Waals surface area contributed by atoms with Gasteiger partial charge in [0.15, 0.2) is 0 Å². The van der Waals surface area contributed by atoms with Crippen LogP contribution in [0, 0.1) is 0 Å². The molecule has 0 aromatic heterocycles. The van der Waals surface area contributed by atoms with Crippen LogP contribution in [0.1, 0.15) is 24.0 Å². The van der Waals surface area contributed by atoms with E-state index in [-0.39, 0.29) is 0 Å². The van der Waals surface area contributed by atoms with E-state index in [1.807, 2.05) is 12.1 Å². The van der Waals surface area contributed by atoms with E-state index in [2.05, 4.69) is 55.4 Å². The molecule has 2 aromatic carbocycles. The second-order valence-electron chi connectivity index (χ2n) is 6.28. The molecule has 3 heteroatoms. The number of rotatable bonds is 10. The van der Waals surface area contributed by atoms with E-state index >= 15 is 0 Å². The molecule has 2 rings (SSSR count). The Labute approximate surface area is 146 Å². The van der Waals surface area contributed by atoms with Crippen molar-refractivity contribution in [2.24, 2.45) is 0 Å². The summed E-state index contributed by atoms with van der Waals surface area (Å²) in [5, 5.41) is 0. The number of unbranched alkanes of at least 4 members (excludes halogenated alkanes) is 1. The van der Waals surface area contributed by atoms with Crippen molar-refractivity contribution in [3.63, 3.8) is 0 Å². The summed E-state index contributed by atoms with van der Waals surface area (Å²) >= 11 is 0. The van der Waals surface area contributed by atoms with Gasteiger partial charge in [-0.25, -0.2) is 0 Å². The Morgan fingerprint density at radius 3 is 2.29 bits per heavy atom. The molecule has 0 saturated carbocycles. The molecular weight excluding hydrogens is 298 g/mol. The number of ether oxygens (including phenoxy) is 2. The number of hydrogen-bond acceptors (Lipinski definition) is 3. The van der Waals surface area contributed by atoms with E-state index in [0.29, 0.717) is 0 Å². The second-order valence-corrected chi connectivity index (χ2v) is 6.28. The molecule has 130 valence electrons. The van der Waals surface area contributed by atoms with Gasteiger partial charge in [0, 0.05) is 5.56 Å². The molecule has 3 nitrogen and oxygen atoms in total. The first-order valence-corrected chi connectivity index (χ1v) is 8.68. The third-order valence-electron chi connectivity index (χ3n) is 4.07. The second kappa shape index (κ2) is 9.99. The van der Waals surface area contributed by atoms with Gasteiger partial charge in [0.2, 0.25) is 0 Å². The maximum absolute atomic E-state index is 6.05. The summed E-state index contributed by atoms with van der Waals surface area (Å²) in [4.78, 5) is 2.21. The van der Waals surface area contributed by atoms with Gasteiger partial charge in [-0.05, 0) is 64.0 Å². The lowest BCUT2D eigenvalue weighted by Crippen LogP contribution is -2.14. The van der Waals surface area contributed by atoms with Crippen molar-refractivity contribution in [3.05, 3.63) is 59.7 Å². The van der Waals surface area contributed by atoms with Gasteiger partial charge in [-0.2, -0.15) is 0 Å². The molecule has 24 heavy (non-hydrogen) atoms. The van der Waals surface area contributed by atoms with Crippen LogP contribution in [0.3, 0.4) is 0 Å². The molecular formula is C21H29NO2. The average molecular weight is 327 g/mol. The van der Waals surface area contributed by atoms with Crippen molar-refractivity contribution < 1.29 is 9.47 Å². The minimum atomic E-state index is 0.749. The van der Waals surface area contributed by atoms with Gasteiger partial charge in [-0.3, -0.25) is 0 Å². The fourth-order valence-electron chi connectivity index (χ4n) is 2.74. The summed E-state index contributed by atoms with van der Waals surface area (Å²) in [7, 11) is 5.93. The first kappa shape index (κ1) is 18.3. The molecule has 0 unspecified atom stereocenters. The van der Waals surface area contributed by atoms with E-state index in [4.69, 9.17) is 9.47 Å². The van der Waals surface area contributed by atoms with Gasteiger partial charge in [-0.15, -0.1) is 0 Å². The van der Waals surface area contributed by atoms with Crippen molar-refractivity contribution in [2.45, 2.75) is 25.7 Å². The lowest BCUT2D eigenvalue weighted by atomic mass is 10.0. The van der Waals surface area contributed by atoms with Crippen molar-refractivity contribution in [3.8, 4) is 11.5 Å². The Kier molecular flexibility index (Phi) is 7.63. The van der Waals surface area contributed by atoms with E-state index < -0.39 is 0 Å². The Morgan fingerprint density at radius 2 is 1.58 bits per heavy atom. The van der Waals surface area contributed by atoms with Gasteiger partial charge >= 0.3 is 0 Å². The number of methoxy groups -OCH3 is 1. The van der Waals surface area contributed by atoms with Crippen LogP contribution in [0.15, 0.2) is 48.5 Å². The van der Waals surface area contributed by atoms with Crippen LogP contribution in [0.4, 0.5) is 0 Å². The highest BCUT2D eigenvalue weighted by atomic mass is 16.5. The third-order valence-corrected chi connectivity index (χ3v) is 4.07. The minimum absolute atomic E-state index is 0.749. The lowest BCUT2D eigenvalue weighted by Gasteiger charge is -2.15. The maximum Gasteiger partial charge on any atom is 0.126 e. The lowest BCUT2D eigenvalue weighted by molar-refractivity contribution is 0.288. The highest BCUT2D eigenvalue weighted by Crippen LogP contribution is 2.30. The highest BCUT2D eigenvalue weighted by Gasteiger charge is 2.10. The topological polar surface area (TPSA) is 21.7 Å². The summed E-state index contributed by atoms with van der Waals surface area (Å²) in [6.07, 6.45) is 4.11. The zero-order valence-corrected chi connectivity index (χ0v) is 15.1. The quantitative estimate of drug-likeness (QED) is 0.610. The predicted molar refractivity (Wildman–Crippen MR) is 100 cm³/mol. The van der Waals surface area contributed by atoms with Gasteiger partial charge in [-0.1, -0.05) is 36.4 Å². The predicted octanol–water partition coefficient (Wildman–Crippen LogP) is 4.20. The number of hydrogen-bond donors (Lipinski definition) is 0.